The van der Waals surface area contributed by atoms with Gasteiger partial charge in [0, 0.05) is 24.2 Å². The van der Waals surface area contributed by atoms with Crippen molar-refractivity contribution in [2.45, 2.75) is 13.1 Å². The van der Waals surface area contributed by atoms with Crippen molar-refractivity contribution in [1.29, 1.82) is 0 Å². The van der Waals surface area contributed by atoms with Crippen molar-refractivity contribution in [2.75, 3.05) is 4.90 Å². The van der Waals surface area contributed by atoms with Gasteiger partial charge < -0.3 is 4.90 Å². The first-order chi connectivity index (χ1) is 14.3. The van der Waals surface area contributed by atoms with Crippen molar-refractivity contribution in [3.8, 4) is 0 Å². The van der Waals surface area contributed by atoms with E-state index in [4.69, 9.17) is 0 Å². The van der Waals surface area contributed by atoms with Crippen molar-refractivity contribution in [3.63, 3.8) is 0 Å². The first-order valence-corrected chi connectivity index (χ1v) is 10.4. The molecule has 1 aromatic heterocycles. The quantitative estimate of drug-likeness (QED) is 0.269. The molecule has 0 saturated carbocycles. The monoisotopic (exact) mass is 399 g/mol. The molecule has 5 heteroatoms. The summed E-state index contributed by atoms with van der Waals surface area (Å²) in [7, 11) is 1.97. The molecule has 0 radical (unpaired) electrons. The van der Waals surface area contributed by atoms with Crippen molar-refractivity contribution in [2.24, 2.45) is 17.3 Å². The zero-order chi connectivity index (χ0) is 19.9. The number of thiazole rings is 1. The van der Waals surface area contributed by atoms with Gasteiger partial charge in [0.15, 0.2) is 0 Å². The Labute approximate surface area is 175 Å². The summed E-state index contributed by atoms with van der Waals surface area (Å²) in [5.41, 5.74) is 4.59. The first-order valence-electron chi connectivity index (χ1n) is 9.56. The van der Waals surface area contributed by atoms with Gasteiger partial charge >= 0.3 is 5.13 Å². The Morgan fingerprint density at radius 3 is 1.86 bits per heavy atom. The van der Waals surface area contributed by atoms with Crippen LogP contribution in [0.3, 0.4) is 0 Å². The maximum absolute atomic E-state index is 4.37. The number of rotatable bonds is 7. The average Bonchev–Trinajstić information content (AvgIpc) is 3.18. The molecule has 0 N–H and O–H groups in total. The molecule has 0 amide bonds. The largest absolute Gasteiger partial charge is 0.408 e. The van der Waals surface area contributed by atoms with Gasteiger partial charge in [-0.25, -0.2) is 4.57 Å². The van der Waals surface area contributed by atoms with Crippen LogP contribution in [0.15, 0.2) is 107 Å². The van der Waals surface area contributed by atoms with E-state index >= 15 is 0 Å². The molecule has 29 heavy (non-hydrogen) atoms. The van der Waals surface area contributed by atoms with Crippen LogP contribution < -0.4 is 9.47 Å². The van der Waals surface area contributed by atoms with E-state index in [1.165, 1.54) is 16.8 Å². The highest BCUT2D eigenvalue weighted by molar-refractivity contribution is 7.12. The van der Waals surface area contributed by atoms with Gasteiger partial charge in [-0.3, -0.25) is 0 Å². The van der Waals surface area contributed by atoms with E-state index in [0.717, 1.165) is 23.9 Å². The number of hydrogen-bond donors (Lipinski definition) is 0. The molecule has 4 aromatic rings. The number of benzene rings is 3. The summed E-state index contributed by atoms with van der Waals surface area (Å²) in [5.74, 6) is 0. The standard InChI is InChI=1S/C24H23N4S/c1-27-16-17-29-24(27)26-25-22-12-14-23(15-13-22)28(18-20-8-4-2-5-9-20)19-21-10-6-3-7-11-21/h2-17H,18-19H2,1H3/q+1. The second-order valence-corrected chi connectivity index (χ2v) is 7.71. The van der Waals surface area contributed by atoms with Gasteiger partial charge in [-0.1, -0.05) is 60.7 Å². The molecule has 0 spiro atoms. The second kappa shape index (κ2) is 9.26. The van der Waals surface area contributed by atoms with Crippen LogP contribution in [-0.2, 0) is 20.1 Å². The molecule has 0 unspecified atom stereocenters. The molecule has 144 valence electrons. The number of hydrogen-bond acceptors (Lipinski definition) is 4. The number of aromatic nitrogens is 1. The smallest absolute Gasteiger partial charge is 0.363 e. The van der Waals surface area contributed by atoms with Crippen LogP contribution in [0.2, 0.25) is 0 Å². The predicted molar refractivity (Wildman–Crippen MR) is 119 cm³/mol. The van der Waals surface area contributed by atoms with Gasteiger partial charge in [0.2, 0.25) is 0 Å². The van der Waals surface area contributed by atoms with E-state index in [-0.39, 0.29) is 0 Å². The Morgan fingerprint density at radius 1 is 0.759 bits per heavy atom. The van der Waals surface area contributed by atoms with E-state index in [2.05, 4.69) is 87.9 Å². The molecule has 1 heterocycles. The second-order valence-electron chi connectivity index (χ2n) is 6.84. The molecule has 0 saturated heterocycles. The first kappa shape index (κ1) is 19.0. The maximum atomic E-state index is 4.37. The van der Waals surface area contributed by atoms with Gasteiger partial charge in [0.05, 0.1) is 12.2 Å². The summed E-state index contributed by atoms with van der Waals surface area (Å²) in [6.07, 6.45) is 1.98. The summed E-state index contributed by atoms with van der Waals surface area (Å²) in [5, 5.41) is 11.6. The number of nitrogens with zero attached hydrogens (tertiary/aromatic N) is 4. The van der Waals surface area contributed by atoms with Gasteiger partial charge in [-0.05, 0) is 51.8 Å². The number of aryl methyl sites for hydroxylation is 1. The number of anilines is 1. The van der Waals surface area contributed by atoms with Crippen LogP contribution in [0.25, 0.3) is 0 Å². The summed E-state index contributed by atoms with van der Waals surface area (Å²) in [6, 6.07) is 29.4. The van der Waals surface area contributed by atoms with Crippen LogP contribution in [0.5, 0.6) is 0 Å². The predicted octanol–water partition coefficient (Wildman–Crippen LogP) is 6.19. The third-order valence-corrected chi connectivity index (χ3v) is 5.50. The Bertz CT molecular complexity index is 1020. The number of azo groups is 1. The van der Waals surface area contributed by atoms with Crippen molar-refractivity contribution in [3.05, 3.63) is 108 Å². The van der Waals surface area contributed by atoms with Gasteiger partial charge in [0.1, 0.15) is 11.9 Å². The van der Waals surface area contributed by atoms with Gasteiger partial charge in [0.25, 0.3) is 0 Å². The maximum Gasteiger partial charge on any atom is 0.408 e. The van der Waals surface area contributed by atoms with Crippen LogP contribution in [-0.4, -0.2) is 0 Å². The van der Waals surface area contributed by atoms with E-state index < -0.39 is 0 Å². The fourth-order valence-electron chi connectivity index (χ4n) is 3.10. The molecular weight excluding hydrogens is 376 g/mol. The molecule has 3 aromatic carbocycles. The Balaban J connectivity index is 1.55. The zero-order valence-corrected chi connectivity index (χ0v) is 17.2. The van der Waals surface area contributed by atoms with E-state index in [9.17, 15) is 0 Å². The summed E-state index contributed by atoms with van der Waals surface area (Å²) >= 11 is 1.57. The van der Waals surface area contributed by atoms with Crippen molar-refractivity contribution in [1.82, 2.24) is 0 Å². The minimum atomic E-state index is 0.849. The Hall–Kier alpha value is -3.31. The fraction of sp³-hybridized carbons (Fsp3) is 0.125. The van der Waals surface area contributed by atoms with Crippen LogP contribution in [0, 0.1) is 0 Å². The Kier molecular flexibility index (Phi) is 6.07. The summed E-state index contributed by atoms with van der Waals surface area (Å²) < 4.78 is 1.96. The highest BCUT2D eigenvalue weighted by atomic mass is 32.1. The molecule has 4 rings (SSSR count). The van der Waals surface area contributed by atoms with Crippen molar-refractivity contribution >= 4 is 27.8 Å². The molecule has 0 aliphatic carbocycles. The van der Waals surface area contributed by atoms with Crippen LogP contribution >= 0.6 is 11.3 Å². The zero-order valence-electron chi connectivity index (χ0n) is 16.3. The van der Waals surface area contributed by atoms with Gasteiger partial charge in [-0.15, -0.1) is 0 Å². The highest BCUT2D eigenvalue weighted by Crippen LogP contribution is 2.25. The minimum absolute atomic E-state index is 0.849. The van der Waals surface area contributed by atoms with Crippen molar-refractivity contribution < 1.29 is 4.57 Å². The summed E-state index contributed by atoms with van der Waals surface area (Å²) in [4.78, 5) is 2.38. The topological polar surface area (TPSA) is 31.8 Å². The third-order valence-electron chi connectivity index (χ3n) is 4.66. The molecule has 0 atom stereocenters. The molecule has 0 bridgehead atoms. The van der Waals surface area contributed by atoms with Gasteiger partial charge in [-0.2, -0.15) is 0 Å². The molecule has 0 aliphatic rings. The highest BCUT2D eigenvalue weighted by Gasteiger charge is 2.10. The lowest BCUT2D eigenvalue weighted by Crippen LogP contribution is -2.23. The third kappa shape index (κ3) is 5.15. The lowest BCUT2D eigenvalue weighted by molar-refractivity contribution is -0.654. The molecule has 0 aliphatic heterocycles. The lowest BCUT2D eigenvalue weighted by atomic mass is 10.1. The molecular formula is C24H23N4S+. The SMILES string of the molecule is C[n+]1ccsc1N=Nc1ccc(N(Cc2ccccc2)Cc2ccccc2)cc1. The van der Waals surface area contributed by atoms with Crippen LogP contribution in [0.4, 0.5) is 16.5 Å². The van der Waals surface area contributed by atoms with E-state index in [1.807, 2.05) is 35.3 Å². The normalized spacial score (nSPS) is 11.1. The van der Waals surface area contributed by atoms with Crippen LogP contribution in [0.1, 0.15) is 11.1 Å². The van der Waals surface area contributed by atoms with E-state index in [0.29, 0.717) is 0 Å². The lowest BCUT2D eigenvalue weighted by Gasteiger charge is -2.25. The van der Waals surface area contributed by atoms with E-state index in [1.54, 1.807) is 11.3 Å². The minimum Gasteiger partial charge on any atom is -0.363 e. The fourth-order valence-corrected chi connectivity index (χ4v) is 3.78. The average molecular weight is 400 g/mol. The summed E-state index contributed by atoms with van der Waals surface area (Å²) in [6.45, 7) is 1.70. The molecule has 4 nitrogen and oxygen atoms in total. The molecule has 0 fully saturated rings. The Morgan fingerprint density at radius 2 is 1.34 bits per heavy atom.